The zero-order chi connectivity index (χ0) is 14.8. The van der Waals surface area contributed by atoms with Crippen molar-refractivity contribution >= 4 is 16.6 Å². The third-order valence-electron chi connectivity index (χ3n) is 3.12. The number of hydrogen-bond acceptors (Lipinski definition) is 5. The molecule has 2 heterocycles. The molecule has 0 aliphatic rings. The topological polar surface area (TPSA) is 69.4 Å². The van der Waals surface area contributed by atoms with Gasteiger partial charge in [0.1, 0.15) is 18.4 Å². The number of rotatable bonds is 4. The van der Waals surface area contributed by atoms with Gasteiger partial charge in [0.05, 0.1) is 23.6 Å². The van der Waals surface area contributed by atoms with E-state index < -0.39 is 10.8 Å². The second-order valence-electron chi connectivity index (χ2n) is 4.34. The SMILES string of the molecule is CCS(=O)c1ccc(-c2cn3cncnc3n2)c(OC)c1. The minimum Gasteiger partial charge on any atom is -0.496 e. The van der Waals surface area contributed by atoms with Gasteiger partial charge in [-0.15, -0.1) is 0 Å². The van der Waals surface area contributed by atoms with Gasteiger partial charge in [0.2, 0.25) is 5.78 Å². The lowest BCUT2D eigenvalue weighted by atomic mass is 10.1. The van der Waals surface area contributed by atoms with Crippen LogP contribution in [-0.4, -0.2) is 36.4 Å². The van der Waals surface area contributed by atoms with Crippen LogP contribution in [0.2, 0.25) is 0 Å². The van der Waals surface area contributed by atoms with Crippen molar-refractivity contribution in [2.24, 2.45) is 0 Å². The molecule has 1 atom stereocenters. The predicted octanol–water partition coefficient (Wildman–Crippen LogP) is 1.93. The van der Waals surface area contributed by atoms with E-state index in [1.807, 2.05) is 25.3 Å². The van der Waals surface area contributed by atoms with Crippen molar-refractivity contribution in [1.82, 2.24) is 19.4 Å². The summed E-state index contributed by atoms with van der Waals surface area (Å²) < 4.78 is 19.0. The maximum atomic E-state index is 11.9. The maximum absolute atomic E-state index is 11.9. The monoisotopic (exact) mass is 302 g/mol. The van der Waals surface area contributed by atoms with Crippen LogP contribution >= 0.6 is 0 Å². The second kappa shape index (κ2) is 5.61. The summed E-state index contributed by atoms with van der Waals surface area (Å²) in [6.07, 6.45) is 4.94. The first-order chi connectivity index (χ1) is 10.2. The van der Waals surface area contributed by atoms with Crippen LogP contribution in [0.5, 0.6) is 5.75 Å². The molecule has 0 aliphatic carbocycles. The lowest BCUT2D eigenvalue weighted by Gasteiger charge is -2.08. The van der Waals surface area contributed by atoms with E-state index in [1.165, 1.54) is 6.33 Å². The molecule has 21 heavy (non-hydrogen) atoms. The molecule has 0 aliphatic heterocycles. The first kappa shape index (κ1) is 13.7. The molecule has 0 N–H and O–H groups in total. The normalized spacial score (nSPS) is 12.5. The standard InChI is InChI=1S/C14H14N4O2S/c1-3-21(19)10-4-5-11(13(6-10)20-2)12-7-18-9-15-8-16-14(18)17-12/h4-9H,3H2,1-2H3. The van der Waals surface area contributed by atoms with E-state index in [9.17, 15) is 4.21 Å². The van der Waals surface area contributed by atoms with Crippen molar-refractivity contribution in [3.05, 3.63) is 37.1 Å². The Morgan fingerprint density at radius 3 is 2.95 bits per heavy atom. The Hall–Kier alpha value is -2.28. The van der Waals surface area contributed by atoms with E-state index in [4.69, 9.17) is 4.74 Å². The van der Waals surface area contributed by atoms with Crippen LogP contribution in [-0.2, 0) is 10.8 Å². The highest BCUT2D eigenvalue weighted by Gasteiger charge is 2.13. The molecule has 3 rings (SSSR count). The van der Waals surface area contributed by atoms with E-state index in [2.05, 4.69) is 15.0 Å². The highest BCUT2D eigenvalue weighted by atomic mass is 32.2. The number of imidazole rings is 1. The molecule has 1 aromatic carbocycles. The van der Waals surface area contributed by atoms with E-state index in [1.54, 1.807) is 23.9 Å². The summed E-state index contributed by atoms with van der Waals surface area (Å²) in [7, 11) is 0.581. The number of benzene rings is 1. The predicted molar refractivity (Wildman–Crippen MR) is 79.7 cm³/mol. The summed E-state index contributed by atoms with van der Waals surface area (Å²) in [5, 5.41) is 0. The molecule has 0 spiro atoms. The van der Waals surface area contributed by atoms with Crippen molar-refractivity contribution in [2.75, 3.05) is 12.9 Å². The molecule has 0 amide bonds. The molecule has 6 nitrogen and oxygen atoms in total. The summed E-state index contributed by atoms with van der Waals surface area (Å²) in [6.45, 7) is 1.89. The van der Waals surface area contributed by atoms with E-state index in [0.29, 0.717) is 17.3 Å². The highest BCUT2D eigenvalue weighted by Crippen LogP contribution is 2.31. The first-order valence-corrected chi connectivity index (χ1v) is 7.76. The van der Waals surface area contributed by atoms with Crippen molar-refractivity contribution < 1.29 is 8.95 Å². The minimum atomic E-state index is -1.01. The van der Waals surface area contributed by atoms with Crippen LogP contribution < -0.4 is 4.74 Å². The lowest BCUT2D eigenvalue weighted by molar-refractivity contribution is 0.415. The van der Waals surface area contributed by atoms with Gasteiger partial charge in [-0.25, -0.2) is 15.0 Å². The molecular formula is C14H14N4O2S. The van der Waals surface area contributed by atoms with Gasteiger partial charge in [-0.1, -0.05) is 6.92 Å². The van der Waals surface area contributed by atoms with Gasteiger partial charge in [0, 0.05) is 22.4 Å². The van der Waals surface area contributed by atoms with E-state index in [-0.39, 0.29) is 0 Å². The quantitative estimate of drug-likeness (QED) is 0.736. The molecule has 0 saturated carbocycles. The van der Waals surface area contributed by atoms with Crippen molar-refractivity contribution in [1.29, 1.82) is 0 Å². The fourth-order valence-corrected chi connectivity index (χ4v) is 2.86. The number of fused-ring (bicyclic) bond motifs is 1. The Kier molecular flexibility index (Phi) is 3.66. The largest absolute Gasteiger partial charge is 0.496 e. The van der Waals surface area contributed by atoms with Crippen LogP contribution in [0.1, 0.15) is 6.92 Å². The summed E-state index contributed by atoms with van der Waals surface area (Å²) >= 11 is 0. The van der Waals surface area contributed by atoms with Gasteiger partial charge < -0.3 is 4.74 Å². The number of methoxy groups -OCH3 is 1. The van der Waals surface area contributed by atoms with Crippen molar-refractivity contribution in [3.8, 4) is 17.0 Å². The minimum absolute atomic E-state index is 0.572. The van der Waals surface area contributed by atoms with Gasteiger partial charge in [-0.3, -0.25) is 8.61 Å². The second-order valence-corrected chi connectivity index (χ2v) is 6.08. The van der Waals surface area contributed by atoms with E-state index in [0.717, 1.165) is 16.2 Å². The van der Waals surface area contributed by atoms with Gasteiger partial charge in [-0.2, -0.15) is 0 Å². The van der Waals surface area contributed by atoms with Gasteiger partial charge in [0.15, 0.2) is 0 Å². The third-order valence-corrected chi connectivity index (χ3v) is 4.42. The smallest absolute Gasteiger partial charge is 0.237 e. The zero-order valence-corrected chi connectivity index (χ0v) is 12.5. The van der Waals surface area contributed by atoms with Crippen molar-refractivity contribution in [3.63, 3.8) is 0 Å². The molecule has 0 fully saturated rings. The molecule has 108 valence electrons. The Morgan fingerprint density at radius 1 is 1.38 bits per heavy atom. The molecule has 0 bridgehead atoms. The lowest BCUT2D eigenvalue weighted by Crippen LogP contribution is -1.96. The van der Waals surface area contributed by atoms with Crippen LogP contribution in [0.15, 0.2) is 41.9 Å². The average molecular weight is 302 g/mol. The maximum Gasteiger partial charge on any atom is 0.237 e. The molecular weight excluding hydrogens is 288 g/mol. The Balaban J connectivity index is 2.10. The summed E-state index contributed by atoms with van der Waals surface area (Å²) in [5.41, 5.74) is 1.57. The van der Waals surface area contributed by atoms with Crippen LogP contribution in [0.3, 0.4) is 0 Å². The Bertz CT molecular complexity index is 783. The average Bonchev–Trinajstić information content (AvgIpc) is 2.97. The first-order valence-electron chi connectivity index (χ1n) is 6.44. The summed E-state index contributed by atoms with van der Waals surface area (Å²) in [6, 6.07) is 5.51. The molecule has 1 unspecified atom stereocenters. The van der Waals surface area contributed by atoms with Crippen molar-refractivity contribution in [2.45, 2.75) is 11.8 Å². The Labute approximate surface area is 124 Å². The third kappa shape index (κ3) is 2.52. The number of ether oxygens (including phenoxy) is 1. The molecule has 3 aromatic rings. The zero-order valence-electron chi connectivity index (χ0n) is 11.7. The van der Waals surface area contributed by atoms with Gasteiger partial charge >= 0.3 is 0 Å². The fraction of sp³-hybridized carbons (Fsp3) is 0.214. The summed E-state index contributed by atoms with van der Waals surface area (Å²) in [5.74, 6) is 1.79. The highest BCUT2D eigenvalue weighted by molar-refractivity contribution is 7.85. The summed E-state index contributed by atoms with van der Waals surface area (Å²) in [4.78, 5) is 13.2. The van der Waals surface area contributed by atoms with Crippen LogP contribution in [0.25, 0.3) is 17.0 Å². The number of aromatic nitrogens is 4. The molecule has 2 aromatic heterocycles. The van der Waals surface area contributed by atoms with Gasteiger partial charge in [0.25, 0.3) is 0 Å². The fourth-order valence-electron chi connectivity index (χ4n) is 2.07. The molecule has 7 heteroatoms. The van der Waals surface area contributed by atoms with Crippen LogP contribution in [0.4, 0.5) is 0 Å². The number of nitrogens with zero attached hydrogens (tertiary/aromatic N) is 4. The molecule has 0 saturated heterocycles. The van der Waals surface area contributed by atoms with Crippen LogP contribution in [0, 0.1) is 0 Å². The molecule has 0 radical (unpaired) electrons. The van der Waals surface area contributed by atoms with Gasteiger partial charge in [-0.05, 0) is 18.2 Å². The number of hydrogen-bond donors (Lipinski definition) is 0. The Morgan fingerprint density at radius 2 is 2.24 bits per heavy atom. The van der Waals surface area contributed by atoms with E-state index >= 15 is 0 Å².